The molecule has 0 saturated heterocycles. The molecular formula is C27H29NO6. The van der Waals surface area contributed by atoms with Crippen LogP contribution in [0.25, 0.3) is 0 Å². The van der Waals surface area contributed by atoms with Crippen molar-refractivity contribution in [1.82, 2.24) is 5.32 Å². The summed E-state index contributed by atoms with van der Waals surface area (Å²) in [4.78, 5) is 26.4. The zero-order chi connectivity index (χ0) is 24.4. The Hall–Kier alpha value is -3.74. The number of cyclic esters (lactones) is 1. The highest BCUT2D eigenvalue weighted by Crippen LogP contribution is 2.45. The van der Waals surface area contributed by atoms with E-state index in [1.807, 2.05) is 50.2 Å². The number of allylic oxidation sites excluding steroid dienone is 1. The molecule has 2 atom stereocenters. The number of hydrogen-bond acceptors (Lipinski definition) is 7. The molecule has 4 rings (SSSR count). The van der Waals surface area contributed by atoms with Crippen molar-refractivity contribution in [3.8, 4) is 11.5 Å². The van der Waals surface area contributed by atoms with Crippen LogP contribution in [0, 0.1) is 6.92 Å². The molecule has 0 fully saturated rings. The van der Waals surface area contributed by atoms with Crippen molar-refractivity contribution in [2.75, 3.05) is 20.8 Å². The molecule has 7 nitrogen and oxygen atoms in total. The van der Waals surface area contributed by atoms with Crippen LogP contribution in [0.3, 0.4) is 0 Å². The highest BCUT2D eigenvalue weighted by molar-refractivity contribution is 6.00. The standard InChI is InChI=1S/C27H29NO6/c1-6-33-26(29)23-16(3)28-19-14-21(17-10-11-20(31-4)22(13-17)32-5)34-27(30)25(19)24(23)18-9-7-8-15(2)12-18/h7-13,21,24,28H,6,14H2,1-5H3. The lowest BCUT2D eigenvalue weighted by molar-refractivity contribution is -0.146. The minimum absolute atomic E-state index is 0.244. The summed E-state index contributed by atoms with van der Waals surface area (Å²) in [5.41, 5.74) is 4.95. The lowest BCUT2D eigenvalue weighted by Crippen LogP contribution is -2.37. The number of ether oxygens (including phenoxy) is 4. The molecule has 1 N–H and O–H groups in total. The van der Waals surface area contributed by atoms with Crippen molar-refractivity contribution in [3.63, 3.8) is 0 Å². The Morgan fingerprint density at radius 1 is 1.06 bits per heavy atom. The molecule has 2 heterocycles. The van der Waals surface area contributed by atoms with Crippen molar-refractivity contribution in [2.24, 2.45) is 0 Å². The van der Waals surface area contributed by atoms with E-state index >= 15 is 0 Å². The van der Waals surface area contributed by atoms with E-state index in [0.717, 1.165) is 22.4 Å². The fraction of sp³-hybridized carbons (Fsp3) is 0.333. The van der Waals surface area contributed by atoms with Gasteiger partial charge in [-0.3, -0.25) is 0 Å². The maximum absolute atomic E-state index is 13.4. The van der Waals surface area contributed by atoms with Crippen LogP contribution < -0.4 is 14.8 Å². The maximum atomic E-state index is 13.4. The molecule has 34 heavy (non-hydrogen) atoms. The van der Waals surface area contributed by atoms with Gasteiger partial charge in [0, 0.05) is 17.8 Å². The molecule has 2 aromatic carbocycles. The average Bonchev–Trinajstić information content (AvgIpc) is 2.82. The van der Waals surface area contributed by atoms with Gasteiger partial charge in [-0.05, 0) is 44.0 Å². The molecule has 2 aromatic rings. The Labute approximate surface area is 199 Å². The molecular weight excluding hydrogens is 434 g/mol. The lowest BCUT2D eigenvalue weighted by atomic mass is 9.78. The lowest BCUT2D eigenvalue weighted by Gasteiger charge is -2.36. The quantitative estimate of drug-likeness (QED) is 0.633. The Morgan fingerprint density at radius 3 is 2.50 bits per heavy atom. The van der Waals surface area contributed by atoms with Crippen LogP contribution >= 0.6 is 0 Å². The SMILES string of the molecule is CCOC(=O)C1=C(C)NC2=C(C(=O)OC(c3ccc(OC)c(OC)c3)C2)C1c1cccc(C)c1. The average molecular weight is 464 g/mol. The largest absolute Gasteiger partial charge is 0.493 e. The van der Waals surface area contributed by atoms with Crippen LogP contribution in [0.1, 0.15) is 49.0 Å². The molecule has 2 aliphatic rings. The molecule has 178 valence electrons. The van der Waals surface area contributed by atoms with E-state index in [1.54, 1.807) is 27.2 Å². The van der Waals surface area contributed by atoms with Gasteiger partial charge in [-0.2, -0.15) is 0 Å². The number of dihydropyridines is 1. The summed E-state index contributed by atoms with van der Waals surface area (Å²) in [6, 6.07) is 13.3. The Balaban J connectivity index is 1.78. The summed E-state index contributed by atoms with van der Waals surface area (Å²) in [7, 11) is 3.14. The number of carbonyl (C=O) groups is 2. The normalized spacial score (nSPS) is 19.7. The van der Waals surface area contributed by atoms with Crippen molar-refractivity contribution >= 4 is 11.9 Å². The summed E-state index contributed by atoms with van der Waals surface area (Å²) in [5.74, 6) is -0.323. The highest BCUT2D eigenvalue weighted by Gasteiger charge is 2.42. The van der Waals surface area contributed by atoms with Gasteiger partial charge in [0.1, 0.15) is 6.10 Å². The molecule has 0 radical (unpaired) electrons. The summed E-state index contributed by atoms with van der Waals surface area (Å²) >= 11 is 0. The van der Waals surface area contributed by atoms with Crippen LogP contribution in [0.5, 0.6) is 11.5 Å². The molecule has 0 amide bonds. The van der Waals surface area contributed by atoms with Gasteiger partial charge in [0.15, 0.2) is 11.5 Å². The third-order valence-electron chi connectivity index (χ3n) is 6.15. The minimum atomic E-state index is -0.575. The van der Waals surface area contributed by atoms with Gasteiger partial charge in [-0.25, -0.2) is 9.59 Å². The van der Waals surface area contributed by atoms with E-state index in [1.165, 1.54) is 0 Å². The van der Waals surface area contributed by atoms with Gasteiger partial charge < -0.3 is 24.3 Å². The van der Waals surface area contributed by atoms with Crippen LogP contribution in [-0.2, 0) is 19.1 Å². The molecule has 7 heteroatoms. The van der Waals surface area contributed by atoms with E-state index in [2.05, 4.69) is 5.32 Å². The van der Waals surface area contributed by atoms with Crippen molar-refractivity contribution in [2.45, 2.75) is 39.2 Å². The predicted octanol–water partition coefficient (Wildman–Crippen LogP) is 4.48. The van der Waals surface area contributed by atoms with Gasteiger partial charge >= 0.3 is 11.9 Å². The summed E-state index contributed by atoms with van der Waals surface area (Å²) < 4.78 is 22.0. The molecule has 0 bridgehead atoms. The topological polar surface area (TPSA) is 83.1 Å². The van der Waals surface area contributed by atoms with Crippen molar-refractivity contribution < 1.29 is 28.5 Å². The predicted molar refractivity (Wildman–Crippen MR) is 126 cm³/mol. The Kier molecular flexibility index (Phi) is 6.63. The first-order valence-corrected chi connectivity index (χ1v) is 11.2. The van der Waals surface area contributed by atoms with Gasteiger partial charge in [-0.1, -0.05) is 35.9 Å². The van der Waals surface area contributed by atoms with Crippen molar-refractivity contribution in [1.29, 1.82) is 0 Å². The number of esters is 2. The number of hydrogen-bond donors (Lipinski definition) is 1. The maximum Gasteiger partial charge on any atom is 0.337 e. The third kappa shape index (κ3) is 4.25. The van der Waals surface area contributed by atoms with Crippen LogP contribution in [-0.4, -0.2) is 32.8 Å². The number of benzene rings is 2. The summed E-state index contributed by atoms with van der Waals surface area (Å²) in [5, 5.41) is 3.30. The monoisotopic (exact) mass is 463 g/mol. The number of methoxy groups -OCH3 is 2. The van der Waals surface area contributed by atoms with Gasteiger partial charge in [0.25, 0.3) is 0 Å². The van der Waals surface area contributed by atoms with E-state index in [0.29, 0.717) is 34.8 Å². The van der Waals surface area contributed by atoms with Crippen LogP contribution in [0.2, 0.25) is 0 Å². The van der Waals surface area contributed by atoms with E-state index in [4.69, 9.17) is 18.9 Å². The summed E-state index contributed by atoms with van der Waals surface area (Å²) in [6.07, 6.45) is -0.0690. The summed E-state index contributed by atoms with van der Waals surface area (Å²) in [6.45, 7) is 5.82. The second kappa shape index (κ2) is 9.63. The Bertz CT molecular complexity index is 1200. The molecule has 0 aliphatic carbocycles. The second-order valence-corrected chi connectivity index (χ2v) is 8.34. The molecule has 2 unspecified atom stereocenters. The number of nitrogens with one attached hydrogen (secondary N) is 1. The van der Waals surface area contributed by atoms with E-state index < -0.39 is 24.0 Å². The molecule has 0 saturated carbocycles. The fourth-order valence-electron chi connectivity index (χ4n) is 4.62. The first kappa shape index (κ1) is 23.4. The Morgan fingerprint density at radius 2 is 1.82 bits per heavy atom. The molecule has 0 aromatic heterocycles. The third-order valence-corrected chi connectivity index (χ3v) is 6.15. The second-order valence-electron chi connectivity index (χ2n) is 8.34. The molecule has 2 aliphatic heterocycles. The number of aryl methyl sites for hydroxylation is 1. The van der Waals surface area contributed by atoms with Gasteiger partial charge in [0.2, 0.25) is 0 Å². The highest BCUT2D eigenvalue weighted by atomic mass is 16.5. The van der Waals surface area contributed by atoms with Crippen LogP contribution in [0.15, 0.2) is 65.0 Å². The first-order chi connectivity index (χ1) is 16.4. The van der Waals surface area contributed by atoms with Gasteiger partial charge in [0.05, 0.1) is 37.9 Å². The van der Waals surface area contributed by atoms with E-state index in [9.17, 15) is 9.59 Å². The number of carbonyl (C=O) groups excluding carboxylic acids is 2. The minimum Gasteiger partial charge on any atom is -0.493 e. The fourth-order valence-corrected chi connectivity index (χ4v) is 4.62. The van der Waals surface area contributed by atoms with Crippen LogP contribution in [0.4, 0.5) is 0 Å². The zero-order valence-electron chi connectivity index (χ0n) is 20.1. The van der Waals surface area contributed by atoms with E-state index in [-0.39, 0.29) is 6.61 Å². The molecule has 0 spiro atoms. The van der Waals surface area contributed by atoms with Crippen molar-refractivity contribution in [3.05, 3.63) is 81.7 Å². The number of rotatable bonds is 6. The first-order valence-electron chi connectivity index (χ1n) is 11.2. The van der Waals surface area contributed by atoms with Gasteiger partial charge in [-0.15, -0.1) is 0 Å². The zero-order valence-corrected chi connectivity index (χ0v) is 20.1. The smallest absolute Gasteiger partial charge is 0.337 e.